The van der Waals surface area contributed by atoms with E-state index < -0.39 is 0 Å². The number of nitrogens with one attached hydrogen (secondary N) is 1. The zero-order chi connectivity index (χ0) is 12.4. The van der Waals surface area contributed by atoms with Crippen LogP contribution in [0.25, 0.3) is 0 Å². The predicted molar refractivity (Wildman–Crippen MR) is 68.7 cm³/mol. The summed E-state index contributed by atoms with van der Waals surface area (Å²) in [5.74, 6) is 7.57. The van der Waals surface area contributed by atoms with Crippen LogP contribution in [0.15, 0.2) is 12.4 Å². The Balaban J connectivity index is 2.13. The number of likely N-dealkylation sites (N-methyl/N-ethyl adjacent to an activating group) is 1. The molecule has 2 atom stereocenters. The molecule has 0 saturated carbocycles. The highest BCUT2D eigenvalue weighted by atomic mass is 15.3. The van der Waals surface area contributed by atoms with E-state index in [4.69, 9.17) is 5.84 Å². The number of rotatable bonds is 3. The summed E-state index contributed by atoms with van der Waals surface area (Å²) in [5.41, 5.74) is 2.55. The maximum Gasteiger partial charge on any atom is 0.145 e. The molecule has 0 aromatic carbocycles. The first-order valence-electron chi connectivity index (χ1n) is 5.82. The van der Waals surface area contributed by atoms with E-state index in [0.29, 0.717) is 17.8 Å². The molecule has 6 heteroatoms. The number of anilines is 2. The number of nitrogens with two attached hydrogens (primary N) is 1. The molecule has 94 valence electrons. The standard InChI is InChI=1S/C11H20N6/c1-8-5-17(6-9(8)16(2)3)11-4-10(15-12)13-7-14-11/h4,7-9H,5-6,12H2,1-3H3,(H,13,14,15). The third kappa shape index (κ3) is 2.48. The summed E-state index contributed by atoms with van der Waals surface area (Å²) in [7, 11) is 4.25. The lowest BCUT2D eigenvalue weighted by Gasteiger charge is -2.22. The van der Waals surface area contributed by atoms with Crippen LogP contribution in [0.1, 0.15) is 6.92 Å². The number of hydrazine groups is 1. The normalized spacial score (nSPS) is 24.4. The van der Waals surface area contributed by atoms with Crippen molar-refractivity contribution in [2.75, 3.05) is 37.5 Å². The van der Waals surface area contributed by atoms with Crippen LogP contribution in [-0.2, 0) is 0 Å². The van der Waals surface area contributed by atoms with Gasteiger partial charge in [-0.05, 0) is 20.0 Å². The zero-order valence-corrected chi connectivity index (χ0v) is 10.6. The number of hydrogen-bond acceptors (Lipinski definition) is 6. The summed E-state index contributed by atoms with van der Waals surface area (Å²) in [6.45, 7) is 4.28. The molecule has 3 N–H and O–H groups in total. The van der Waals surface area contributed by atoms with Gasteiger partial charge in [-0.3, -0.25) is 0 Å². The lowest BCUT2D eigenvalue weighted by Crippen LogP contribution is -2.34. The topological polar surface area (TPSA) is 70.3 Å². The van der Waals surface area contributed by atoms with E-state index in [9.17, 15) is 0 Å². The van der Waals surface area contributed by atoms with E-state index in [-0.39, 0.29) is 0 Å². The highest BCUT2D eigenvalue weighted by Crippen LogP contribution is 2.25. The van der Waals surface area contributed by atoms with Gasteiger partial charge >= 0.3 is 0 Å². The van der Waals surface area contributed by atoms with Gasteiger partial charge in [-0.1, -0.05) is 6.92 Å². The second-order valence-corrected chi connectivity index (χ2v) is 4.82. The van der Waals surface area contributed by atoms with Crippen LogP contribution in [0.2, 0.25) is 0 Å². The molecule has 0 amide bonds. The molecule has 1 aliphatic rings. The zero-order valence-electron chi connectivity index (χ0n) is 10.6. The van der Waals surface area contributed by atoms with Gasteiger partial charge in [0.05, 0.1) is 0 Å². The molecular weight excluding hydrogens is 216 g/mol. The highest BCUT2D eigenvalue weighted by molar-refractivity contribution is 5.48. The molecule has 1 aromatic rings. The molecular formula is C11H20N6. The Kier molecular flexibility index (Phi) is 3.44. The summed E-state index contributed by atoms with van der Waals surface area (Å²) >= 11 is 0. The van der Waals surface area contributed by atoms with Crippen molar-refractivity contribution in [3.63, 3.8) is 0 Å². The maximum absolute atomic E-state index is 5.35. The molecule has 6 nitrogen and oxygen atoms in total. The summed E-state index contributed by atoms with van der Waals surface area (Å²) in [4.78, 5) is 12.9. The SMILES string of the molecule is CC1CN(c2cc(NN)ncn2)CC1N(C)C. The van der Waals surface area contributed by atoms with Crippen molar-refractivity contribution in [2.45, 2.75) is 13.0 Å². The van der Waals surface area contributed by atoms with Crippen LogP contribution in [0.4, 0.5) is 11.6 Å². The van der Waals surface area contributed by atoms with Crippen molar-refractivity contribution in [3.8, 4) is 0 Å². The van der Waals surface area contributed by atoms with Crippen molar-refractivity contribution < 1.29 is 0 Å². The lowest BCUT2D eigenvalue weighted by atomic mass is 10.1. The van der Waals surface area contributed by atoms with E-state index in [2.05, 4.69) is 46.2 Å². The van der Waals surface area contributed by atoms with Crippen LogP contribution in [0.3, 0.4) is 0 Å². The van der Waals surface area contributed by atoms with Crippen molar-refractivity contribution in [1.82, 2.24) is 14.9 Å². The molecule has 0 radical (unpaired) electrons. The van der Waals surface area contributed by atoms with Gasteiger partial charge < -0.3 is 15.2 Å². The molecule has 0 bridgehead atoms. The molecule has 1 saturated heterocycles. The van der Waals surface area contributed by atoms with Crippen molar-refractivity contribution in [3.05, 3.63) is 12.4 Å². The second kappa shape index (κ2) is 4.85. The number of aromatic nitrogens is 2. The Hall–Kier alpha value is -1.40. The van der Waals surface area contributed by atoms with Gasteiger partial charge in [0.15, 0.2) is 0 Å². The largest absolute Gasteiger partial charge is 0.355 e. The fourth-order valence-electron chi connectivity index (χ4n) is 2.41. The molecule has 1 aliphatic heterocycles. The molecule has 17 heavy (non-hydrogen) atoms. The minimum absolute atomic E-state index is 0.569. The van der Waals surface area contributed by atoms with E-state index in [0.717, 1.165) is 18.9 Å². The lowest BCUT2D eigenvalue weighted by molar-refractivity contribution is 0.266. The highest BCUT2D eigenvalue weighted by Gasteiger charge is 2.31. The van der Waals surface area contributed by atoms with E-state index >= 15 is 0 Å². The van der Waals surface area contributed by atoms with Gasteiger partial charge in [-0.2, -0.15) is 0 Å². The molecule has 2 rings (SSSR count). The Morgan fingerprint density at radius 3 is 2.76 bits per heavy atom. The third-order valence-electron chi connectivity index (χ3n) is 3.36. The molecule has 2 unspecified atom stereocenters. The summed E-state index contributed by atoms with van der Waals surface area (Å²) in [6.07, 6.45) is 1.54. The maximum atomic E-state index is 5.35. The quantitative estimate of drug-likeness (QED) is 0.575. The van der Waals surface area contributed by atoms with Crippen LogP contribution >= 0.6 is 0 Å². The van der Waals surface area contributed by atoms with Crippen molar-refractivity contribution in [2.24, 2.45) is 11.8 Å². The first-order chi connectivity index (χ1) is 8.11. The van der Waals surface area contributed by atoms with Crippen LogP contribution < -0.4 is 16.2 Å². The average molecular weight is 236 g/mol. The summed E-state index contributed by atoms with van der Waals surface area (Å²) < 4.78 is 0. The third-order valence-corrected chi connectivity index (χ3v) is 3.36. The molecule has 2 heterocycles. The first kappa shape index (κ1) is 12.1. The Morgan fingerprint density at radius 1 is 1.41 bits per heavy atom. The van der Waals surface area contributed by atoms with Crippen LogP contribution in [0, 0.1) is 5.92 Å². The summed E-state index contributed by atoms with van der Waals surface area (Å²) in [6, 6.07) is 2.45. The smallest absolute Gasteiger partial charge is 0.145 e. The van der Waals surface area contributed by atoms with Crippen molar-refractivity contribution >= 4 is 11.6 Å². The Labute approximate surface area is 102 Å². The van der Waals surface area contributed by atoms with Gasteiger partial charge in [0, 0.05) is 25.2 Å². The molecule has 0 spiro atoms. The van der Waals surface area contributed by atoms with Crippen molar-refractivity contribution in [1.29, 1.82) is 0 Å². The van der Waals surface area contributed by atoms with Gasteiger partial charge in [0.2, 0.25) is 0 Å². The number of nitrogen functional groups attached to an aromatic ring is 1. The van der Waals surface area contributed by atoms with Gasteiger partial charge in [0.25, 0.3) is 0 Å². The van der Waals surface area contributed by atoms with Gasteiger partial charge in [0.1, 0.15) is 18.0 Å². The fourth-order valence-corrected chi connectivity index (χ4v) is 2.41. The van der Waals surface area contributed by atoms with Gasteiger partial charge in [-0.25, -0.2) is 15.8 Å². The fraction of sp³-hybridized carbons (Fsp3) is 0.636. The first-order valence-corrected chi connectivity index (χ1v) is 5.82. The Morgan fingerprint density at radius 2 is 2.18 bits per heavy atom. The number of nitrogens with zero attached hydrogens (tertiary/aromatic N) is 4. The van der Waals surface area contributed by atoms with Gasteiger partial charge in [-0.15, -0.1) is 0 Å². The van der Waals surface area contributed by atoms with Crippen LogP contribution in [-0.4, -0.2) is 48.1 Å². The molecule has 0 aliphatic carbocycles. The number of hydrogen-bond donors (Lipinski definition) is 2. The van der Waals surface area contributed by atoms with E-state index in [1.165, 1.54) is 6.33 Å². The average Bonchev–Trinajstić information content (AvgIpc) is 2.71. The molecule has 1 aromatic heterocycles. The van der Waals surface area contributed by atoms with E-state index in [1.54, 1.807) is 0 Å². The minimum atomic E-state index is 0.569. The summed E-state index contributed by atoms with van der Waals surface area (Å²) in [5, 5.41) is 0. The second-order valence-electron chi connectivity index (χ2n) is 4.82. The minimum Gasteiger partial charge on any atom is -0.355 e. The Bertz CT molecular complexity index is 380. The monoisotopic (exact) mass is 236 g/mol. The predicted octanol–water partition coefficient (Wildman–Crippen LogP) is 0.149. The molecule has 1 fully saturated rings. The van der Waals surface area contributed by atoms with Crippen LogP contribution in [0.5, 0.6) is 0 Å². The van der Waals surface area contributed by atoms with E-state index in [1.807, 2.05) is 6.07 Å².